The number of halogens is 1. The molecule has 0 radical (unpaired) electrons. The molecule has 0 spiro atoms. The van der Waals surface area contributed by atoms with Gasteiger partial charge in [-0.2, -0.15) is 0 Å². The first kappa shape index (κ1) is 12.2. The second-order valence-corrected chi connectivity index (χ2v) is 4.76. The monoisotopic (exact) mass is 280 g/mol. The van der Waals surface area contributed by atoms with Crippen molar-refractivity contribution in [1.29, 1.82) is 0 Å². The van der Waals surface area contributed by atoms with Gasteiger partial charge in [0.1, 0.15) is 0 Å². The van der Waals surface area contributed by atoms with E-state index in [0.29, 0.717) is 41.3 Å². The predicted molar refractivity (Wildman–Crippen MR) is 71.7 cm³/mol. The fourth-order valence-corrected chi connectivity index (χ4v) is 2.48. The van der Waals surface area contributed by atoms with E-state index >= 15 is 0 Å². The summed E-state index contributed by atoms with van der Waals surface area (Å²) in [6.45, 7) is 3.15. The van der Waals surface area contributed by atoms with Crippen LogP contribution >= 0.6 is 11.6 Å². The molecule has 1 aliphatic heterocycles. The van der Waals surface area contributed by atoms with Gasteiger partial charge in [0.2, 0.25) is 0 Å². The molecule has 2 N–H and O–H groups in total. The highest BCUT2D eigenvalue weighted by molar-refractivity contribution is 6.33. The molecule has 1 aromatic heterocycles. The number of nitrogens with zero attached hydrogens (tertiary/aromatic N) is 1. The third-order valence-electron chi connectivity index (χ3n) is 3.00. The molecule has 19 heavy (non-hydrogen) atoms. The number of nitrogens with two attached hydrogens (primary N) is 1. The molecule has 3 rings (SSSR count). The Morgan fingerprint density at radius 2 is 2.05 bits per heavy atom. The molecular formula is C13H13ClN2O3. The highest BCUT2D eigenvalue weighted by Crippen LogP contribution is 2.43. The summed E-state index contributed by atoms with van der Waals surface area (Å²) in [6.07, 6.45) is 0.844. The van der Waals surface area contributed by atoms with Gasteiger partial charge < -0.3 is 19.7 Å². The molecule has 2 aromatic rings. The molecule has 1 aliphatic rings. The maximum Gasteiger partial charge on any atom is 0.170 e. The fraction of sp³-hybridized carbons (Fsp3) is 0.308. The Hall–Kier alpha value is -1.88. The first-order chi connectivity index (χ1) is 9.16. The molecule has 0 atom stereocenters. The van der Waals surface area contributed by atoms with Crippen molar-refractivity contribution in [2.45, 2.75) is 13.3 Å². The van der Waals surface area contributed by atoms with E-state index in [4.69, 9.17) is 31.3 Å². The lowest BCUT2D eigenvalue weighted by Gasteiger charge is -2.14. The zero-order chi connectivity index (χ0) is 13.4. The van der Waals surface area contributed by atoms with Crippen molar-refractivity contribution in [2.24, 2.45) is 0 Å². The predicted octanol–water partition coefficient (Wildman–Crippen LogP) is 3.05. The maximum absolute atomic E-state index is 6.30. The zero-order valence-corrected chi connectivity index (χ0v) is 11.2. The van der Waals surface area contributed by atoms with E-state index in [1.54, 1.807) is 12.1 Å². The van der Waals surface area contributed by atoms with Gasteiger partial charge in [-0.15, -0.1) is 0 Å². The molecule has 2 heterocycles. The minimum absolute atomic E-state index is 0.317. The lowest BCUT2D eigenvalue weighted by Crippen LogP contribution is -1.98. The molecule has 6 heteroatoms. The Labute approximate surface area is 115 Å². The molecule has 0 amide bonds. The summed E-state index contributed by atoms with van der Waals surface area (Å²) in [5.41, 5.74) is 7.17. The molecule has 1 aromatic carbocycles. The largest absolute Gasteiger partial charge is 0.489 e. The van der Waals surface area contributed by atoms with Gasteiger partial charge >= 0.3 is 0 Å². The van der Waals surface area contributed by atoms with Crippen LogP contribution in [0.2, 0.25) is 5.02 Å². The number of anilines is 1. The van der Waals surface area contributed by atoms with E-state index in [9.17, 15) is 0 Å². The maximum atomic E-state index is 6.30. The second-order valence-electron chi connectivity index (χ2n) is 4.35. The molecule has 0 saturated heterocycles. The molecule has 100 valence electrons. The second kappa shape index (κ2) is 4.66. The van der Waals surface area contributed by atoms with Crippen molar-refractivity contribution in [2.75, 3.05) is 18.9 Å². The molecule has 0 saturated carbocycles. The number of fused-ring (bicyclic) bond motifs is 1. The van der Waals surface area contributed by atoms with Crippen LogP contribution in [-0.4, -0.2) is 18.4 Å². The Morgan fingerprint density at radius 3 is 2.79 bits per heavy atom. The van der Waals surface area contributed by atoms with E-state index < -0.39 is 0 Å². The smallest absolute Gasteiger partial charge is 0.170 e. The number of nitrogen functional groups attached to an aromatic ring is 1. The van der Waals surface area contributed by atoms with Crippen LogP contribution < -0.4 is 15.2 Å². The third kappa shape index (κ3) is 2.10. The van der Waals surface area contributed by atoms with E-state index in [1.807, 2.05) is 6.92 Å². The van der Waals surface area contributed by atoms with Gasteiger partial charge in [-0.05, 0) is 6.92 Å². The van der Waals surface area contributed by atoms with Crippen LogP contribution in [0.5, 0.6) is 11.5 Å². The number of ether oxygens (including phenoxy) is 2. The summed E-state index contributed by atoms with van der Waals surface area (Å²) in [5, 5.41) is 4.20. The third-order valence-corrected chi connectivity index (χ3v) is 3.30. The van der Waals surface area contributed by atoms with Crippen LogP contribution in [0.4, 0.5) is 5.82 Å². The minimum Gasteiger partial charge on any atom is -0.489 e. The number of benzene rings is 1. The minimum atomic E-state index is 0.317. The van der Waals surface area contributed by atoms with Crippen molar-refractivity contribution in [1.82, 2.24) is 5.16 Å². The van der Waals surface area contributed by atoms with Crippen molar-refractivity contribution >= 4 is 17.4 Å². The van der Waals surface area contributed by atoms with E-state index in [2.05, 4.69) is 5.16 Å². The van der Waals surface area contributed by atoms with Crippen molar-refractivity contribution in [3.05, 3.63) is 22.7 Å². The van der Waals surface area contributed by atoms with Gasteiger partial charge in [0.15, 0.2) is 23.1 Å². The average molecular weight is 281 g/mol. The summed E-state index contributed by atoms with van der Waals surface area (Å²) in [5.74, 6) is 2.20. The number of aromatic nitrogens is 1. The fourth-order valence-electron chi connectivity index (χ4n) is 2.14. The molecule has 0 aliphatic carbocycles. The normalized spacial score (nSPS) is 14.2. The van der Waals surface area contributed by atoms with Gasteiger partial charge in [-0.3, -0.25) is 0 Å². The Bertz CT molecular complexity index is 625. The number of rotatable bonds is 1. The average Bonchev–Trinajstić information content (AvgIpc) is 2.64. The van der Waals surface area contributed by atoms with Gasteiger partial charge in [0, 0.05) is 29.7 Å². The standard InChI is InChI=1S/C13H13ClN2O3/c1-7-12(9-6-11(15)16-19-9)8(14)5-10-13(7)18-4-2-3-17-10/h5-6H,2-4H2,1H3,(H2,15,16). The highest BCUT2D eigenvalue weighted by atomic mass is 35.5. The number of hydrogen-bond donors (Lipinski definition) is 1. The van der Waals surface area contributed by atoms with E-state index in [-0.39, 0.29) is 0 Å². The molecule has 0 unspecified atom stereocenters. The van der Waals surface area contributed by atoms with Crippen LogP contribution in [0.15, 0.2) is 16.7 Å². The lowest BCUT2D eigenvalue weighted by molar-refractivity contribution is 0.296. The Balaban J connectivity index is 2.18. The van der Waals surface area contributed by atoms with Crippen LogP contribution in [0.3, 0.4) is 0 Å². The van der Waals surface area contributed by atoms with Gasteiger partial charge in [0.05, 0.1) is 18.2 Å². The van der Waals surface area contributed by atoms with Crippen LogP contribution in [0.1, 0.15) is 12.0 Å². The summed E-state index contributed by atoms with van der Waals surface area (Å²) < 4.78 is 16.5. The van der Waals surface area contributed by atoms with Crippen LogP contribution in [0, 0.1) is 6.92 Å². The van der Waals surface area contributed by atoms with Crippen molar-refractivity contribution in [3.63, 3.8) is 0 Å². The molecule has 5 nitrogen and oxygen atoms in total. The van der Waals surface area contributed by atoms with E-state index in [1.165, 1.54) is 0 Å². The Kier molecular flexibility index (Phi) is 2.98. The number of hydrogen-bond acceptors (Lipinski definition) is 5. The summed E-state index contributed by atoms with van der Waals surface area (Å²) in [7, 11) is 0. The van der Waals surface area contributed by atoms with Crippen LogP contribution in [0.25, 0.3) is 11.3 Å². The van der Waals surface area contributed by atoms with Crippen LogP contribution in [-0.2, 0) is 0 Å². The summed E-state index contributed by atoms with van der Waals surface area (Å²) >= 11 is 6.30. The van der Waals surface area contributed by atoms with Gasteiger partial charge in [0.25, 0.3) is 0 Å². The molecular weight excluding hydrogens is 268 g/mol. The quantitative estimate of drug-likeness (QED) is 0.869. The highest BCUT2D eigenvalue weighted by Gasteiger charge is 2.22. The van der Waals surface area contributed by atoms with E-state index in [0.717, 1.165) is 17.5 Å². The molecule has 0 bridgehead atoms. The summed E-state index contributed by atoms with van der Waals surface area (Å²) in [4.78, 5) is 0. The van der Waals surface area contributed by atoms with Gasteiger partial charge in [-0.25, -0.2) is 0 Å². The van der Waals surface area contributed by atoms with Crippen molar-refractivity contribution in [3.8, 4) is 22.8 Å². The van der Waals surface area contributed by atoms with Crippen molar-refractivity contribution < 1.29 is 14.0 Å². The topological polar surface area (TPSA) is 70.5 Å². The SMILES string of the molecule is Cc1c2c(cc(Cl)c1-c1cc(N)no1)OCCCO2. The molecule has 0 fully saturated rings. The summed E-state index contributed by atoms with van der Waals surface area (Å²) in [6, 6.07) is 3.38. The zero-order valence-electron chi connectivity index (χ0n) is 10.4. The first-order valence-corrected chi connectivity index (χ1v) is 6.36. The van der Waals surface area contributed by atoms with Gasteiger partial charge in [-0.1, -0.05) is 16.8 Å². The Morgan fingerprint density at radius 1 is 1.26 bits per heavy atom. The first-order valence-electron chi connectivity index (χ1n) is 5.98. The lowest BCUT2D eigenvalue weighted by atomic mass is 10.0.